The highest BCUT2D eigenvalue weighted by Crippen LogP contribution is 2.33. The fourth-order valence-corrected chi connectivity index (χ4v) is 10.1. The van der Waals surface area contributed by atoms with Crippen molar-refractivity contribution in [3.63, 3.8) is 0 Å². The van der Waals surface area contributed by atoms with Crippen LogP contribution in [-0.4, -0.2) is 133 Å². The number of halogens is 5. The Bertz CT molecular complexity index is 3650. The molecule has 5 aromatic heterocycles. The summed E-state index contributed by atoms with van der Waals surface area (Å²) in [5.74, 6) is -3.97. The zero-order valence-corrected chi connectivity index (χ0v) is 44.3. The van der Waals surface area contributed by atoms with Crippen LogP contribution < -0.4 is 16.0 Å². The first-order valence-corrected chi connectivity index (χ1v) is 25.8. The van der Waals surface area contributed by atoms with Gasteiger partial charge in [-0.1, -0.05) is 41.4 Å². The lowest BCUT2D eigenvalue weighted by atomic mass is 9.91. The second-order valence-electron chi connectivity index (χ2n) is 19.1. The van der Waals surface area contributed by atoms with Crippen molar-refractivity contribution in [1.82, 2.24) is 49.1 Å². The van der Waals surface area contributed by atoms with Crippen molar-refractivity contribution in [3.05, 3.63) is 149 Å². The van der Waals surface area contributed by atoms with Crippen molar-refractivity contribution in [2.24, 2.45) is 0 Å². The lowest BCUT2D eigenvalue weighted by molar-refractivity contribution is -0.138. The zero-order chi connectivity index (χ0) is 56.8. The fraction of sp³-hybridized carbons (Fsp3) is 0.273. The standard InChI is InChI=1S/C30H28ClF2N5O4.C25H22ClFN8O3/c1-17(40)24-13-37(26-6-5-20(9-23(24)26)36-21-10-34-16-35-11-21)14-29(42)38-12-19(32)8-27(38)28(41)7-18(15-39)22-3-2-4-25(31)30(22)33;1-14(36)24-18-8-16(30-17-9-28-13-29-10-17)5-6-19(18)35(33-24)12-23(37)34-11-15(27)7-20(34)25(38)32-22-4-2-3-21(26)31-22/h2-6,9-11,13,16,18-19,27,36,39H,7-8,12,14-15H2,1H3;2-6,8-10,13,15,20,30H,7,11-12H2,1H3,(H,31,32,38)/t18-,19-,27+;15-,20+/m11/s1. The Kier molecular flexibility index (Phi) is 17.2. The number of ketones is 3. The molecule has 3 aromatic carbocycles. The van der Waals surface area contributed by atoms with Crippen LogP contribution in [0.2, 0.25) is 10.2 Å². The number of aliphatic hydroxyl groups excluding tert-OH is 1. The lowest BCUT2D eigenvalue weighted by Crippen LogP contribution is -2.44. The Labute approximate surface area is 464 Å². The van der Waals surface area contributed by atoms with Crippen molar-refractivity contribution in [2.45, 2.75) is 76.5 Å². The van der Waals surface area contributed by atoms with Gasteiger partial charge in [0.25, 0.3) is 0 Å². The van der Waals surface area contributed by atoms with E-state index in [1.807, 2.05) is 0 Å². The van der Waals surface area contributed by atoms with E-state index in [-0.39, 0.29) is 84.3 Å². The maximum Gasteiger partial charge on any atom is 0.248 e. The summed E-state index contributed by atoms with van der Waals surface area (Å²) in [4.78, 5) is 100. The molecule has 80 heavy (non-hydrogen) atoms. The Morgan fingerprint density at radius 3 is 1.91 bits per heavy atom. The molecule has 5 atom stereocenters. The van der Waals surface area contributed by atoms with E-state index in [1.54, 1.807) is 90.1 Å². The van der Waals surface area contributed by atoms with E-state index in [1.165, 1.54) is 59.2 Å². The van der Waals surface area contributed by atoms with E-state index in [2.05, 4.69) is 46.0 Å². The summed E-state index contributed by atoms with van der Waals surface area (Å²) in [6.45, 7) is 1.27. The number of fused-ring (bicyclic) bond motifs is 2. The fourth-order valence-electron chi connectivity index (χ4n) is 9.79. The molecule has 7 heterocycles. The number of aromatic nitrogens is 8. The molecule has 2 fully saturated rings. The number of anilines is 5. The van der Waals surface area contributed by atoms with Gasteiger partial charge in [0.2, 0.25) is 17.7 Å². The van der Waals surface area contributed by atoms with Crippen molar-refractivity contribution in [3.8, 4) is 0 Å². The van der Waals surface area contributed by atoms with Gasteiger partial charge in [0.1, 0.15) is 66.6 Å². The SMILES string of the molecule is CC(=O)c1cn(CC(=O)N2C[C@H](F)C[C@H]2C(=O)C[C@H](CO)c2cccc(Cl)c2F)c2ccc(Nc3cncnc3)cc12.CC(=O)c1nn(CC(=O)N2C[C@H](F)C[C@H]2C(=O)Nc2cccc(Cl)n2)c2ccc(Nc3cncnc3)cc12. The normalized spacial score (nSPS) is 17.2. The molecular formula is C55H50Cl2F3N13O7. The van der Waals surface area contributed by atoms with Crippen molar-refractivity contribution >= 4 is 109 Å². The smallest absolute Gasteiger partial charge is 0.248 e. The summed E-state index contributed by atoms with van der Waals surface area (Å²) in [6, 6.07) is 17.5. The van der Waals surface area contributed by atoms with Gasteiger partial charge in [-0.3, -0.25) is 33.4 Å². The van der Waals surface area contributed by atoms with Crippen LogP contribution in [0.3, 0.4) is 0 Å². The average molecular weight is 1130 g/mol. The first kappa shape index (κ1) is 56.1. The van der Waals surface area contributed by atoms with Crippen LogP contribution in [0.5, 0.6) is 0 Å². The molecule has 0 spiro atoms. The molecule has 2 saturated heterocycles. The molecular weight excluding hydrogens is 1080 g/mol. The molecule has 0 saturated carbocycles. The molecule has 8 aromatic rings. The summed E-state index contributed by atoms with van der Waals surface area (Å²) in [7, 11) is 0. The lowest BCUT2D eigenvalue weighted by Gasteiger charge is -2.25. The van der Waals surface area contributed by atoms with E-state index >= 15 is 0 Å². The minimum atomic E-state index is -1.41. The Morgan fingerprint density at radius 1 is 0.713 bits per heavy atom. The second-order valence-corrected chi connectivity index (χ2v) is 19.9. The second kappa shape index (κ2) is 24.6. The monoisotopic (exact) mass is 1130 g/mol. The topological polar surface area (TPSA) is 252 Å². The molecule has 10 rings (SSSR count). The zero-order valence-electron chi connectivity index (χ0n) is 42.8. The number of likely N-dealkylation sites (tertiary alicyclic amines) is 2. The third-order valence-corrected chi connectivity index (χ3v) is 14.0. The van der Waals surface area contributed by atoms with Gasteiger partial charge in [0.05, 0.1) is 72.4 Å². The largest absolute Gasteiger partial charge is 0.396 e. The summed E-state index contributed by atoms with van der Waals surface area (Å²) in [5.41, 5.74) is 4.49. The quantitative estimate of drug-likeness (QED) is 0.0495. The van der Waals surface area contributed by atoms with E-state index in [4.69, 9.17) is 23.2 Å². The minimum Gasteiger partial charge on any atom is -0.396 e. The first-order valence-electron chi connectivity index (χ1n) is 25.0. The van der Waals surface area contributed by atoms with Crippen molar-refractivity contribution < 1.29 is 47.0 Å². The van der Waals surface area contributed by atoms with Gasteiger partial charge in [-0.05, 0) is 67.1 Å². The number of nitrogens with zero attached hydrogens (tertiary/aromatic N) is 10. The van der Waals surface area contributed by atoms with Crippen LogP contribution in [0.25, 0.3) is 21.8 Å². The van der Waals surface area contributed by atoms with Crippen molar-refractivity contribution in [2.75, 3.05) is 35.6 Å². The predicted molar refractivity (Wildman–Crippen MR) is 291 cm³/mol. The van der Waals surface area contributed by atoms with E-state index in [0.29, 0.717) is 50.1 Å². The molecule has 0 bridgehead atoms. The van der Waals surface area contributed by atoms with Gasteiger partial charge in [-0.15, -0.1) is 0 Å². The summed E-state index contributed by atoms with van der Waals surface area (Å²) in [6.07, 6.45) is 7.41. The van der Waals surface area contributed by atoms with Gasteiger partial charge in [0, 0.05) is 71.5 Å². The molecule has 2 aliphatic heterocycles. The Morgan fingerprint density at radius 2 is 1.30 bits per heavy atom. The molecule has 0 aliphatic carbocycles. The van der Waals surface area contributed by atoms with Gasteiger partial charge in [0.15, 0.2) is 17.3 Å². The average Bonchev–Trinajstić information content (AvgIpc) is 4.25. The first-order chi connectivity index (χ1) is 38.4. The highest BCUT2D eigenvalue weighted by Gasteiger charge is 2.42. The number of carbonyl (C=O) groups is 6. The maximum absolute atomic E-state index is 14.6. The summed E-state index contributed by atoms with van der Waals surface area (Å²) >= 11 is 11.7. The van der Waals surface area contributed by atoms with E-state index < -0.39 is 66.3 Å². The number of rotatable bonds is 17. The van der Waals surface area contributed by atoms with Crippen LogP contribution in [0.15, 0.2) is 116 Å². The predicted octanol–water partition coefficient (Wildman–Crippen LogP) is 8.24. The third-order valence-electron chi connectivity index (χ3n) is 13.5. The summed E-state index contributed by atoms with van der Waals surface area (Å²) in [5, 5.41) is 24.4. The van der Waals surface area contributed by atoms with Gasteiger partial charge in [-0.2, -0.15) is 5.10 Å². The number of nitrogens with one attached hydrogen (secondary N) is 3. The summed E-state index contributed by atoms with van der Waals surface area (Å²) < 4.78 is 46.5. The van der Waals surface area contributed by atoms with Crippen LogP contribution in [-0.2, 0) is 32.3 Å². The molecule has 25 heteroatoms. The van der Waals surface area contributed by atoms with Crippen LogP contribution in [0.4, 0.5) is 41.7 Å². The maximum atomic E-state index is 14.6. The van der Waals surface area contributed by atoms with Gasteiger partial charge < -0.3 is 35.4 Å². The van der Waals surface area contributed by atoms with E-state index in [0.717, 1.165) is 0 Å². The molecule has 0 radical (unpaired) electrons. The Hall–Kier alpha value is -8.67. The molecule has 2 aliphatic rings. The minimum absolute atomic E-state index is 0.0789. The Balaban J connectivity index is 0.000000195. The van der Waals surface area contributed by atoms with Gasteiger partial charge in [-0.25, -0.2) is 38.1 Å². The molecule has 0 unspecified atom stereocenters. The third kappa shape index (κ3) is 12.8. The molecule has 4 N–H and O–H groups in total. The number of alkyl halides is 2. The van der Waals surface area contributed by atoms with Gasteiger partial charge >= 0.3 is 0 Å². The van der Waals surface area contributed by atoms with E-state index in [9.17, 15) is 47.0 Å². The number of carbonyl (C=O) groups excluding carboxylic acids is 6. The highest BCUT2D eigenvalue weighted by atomic mass is 35.5. The number of hydrogen-bond acceptors (Lipinski definition) is 15. The number of Topliss-reactive ketones (excluding diaryl/α,β-unsaturated/α-hetero) is 3. The number of aliphatic hydroxyl groups is 1. The highest BCUT2D eigenvalue weighted by molar-refractivity contribution is 6.30. The molecule has 20 nitrogen and oxygen atoms in total. The van der Waals surface area contributed by atoms with Crippen molar-refractivity contribution in [1.29, 1.82) is 0 Å². The molecule has 3 amide bonds. The van der Waals surface area contributed by atoms with Crippen LogP contribution in [0, 0.1) is 5.82 Å². The van der Waals surface area contributed by atoms with Crippen LogP contribution >= 0.6 is 23.2 Å². The molecule has 412 valence electrons. The number of hydrogen-bond donors (Lipinski definition) is 4. The number of amides is 3. The number of benzene rings is 3. The number of pyridine rings is 1. The van der Waals surface area contributed by atoms with Crippen LogP contribution in [0.1, 0.15) is 65.4 Å².